The van der Waals surface area contributed by atoms with Gasteiger partial charge >= 0.3 is 0 Å². The first-order valence-corrected chi connectivity index (χ1v) is 5.73. The van der Waals surface area contributed by atoms with Crippen molar-refractivity contribution in [2.75, 3.05) is 32.9 Å². The molecule has 0 radical (unpaired) electrons. The molecule has 3 heteroatoms. The van der Waals surface area contributed by atoms with Crippen LogP contribution in [0.15, 0.2) is 0 Å². The monoisotopic (exact) mass is 201 g/mol. The molecule has 0 aromatic rings. The molecule has 14 heavy (non-hydrogen) atoms. The van der Waals surface area contributed by atoms with Crippen molar-refractivity contribution in [3.05, 3.63) is 0 Å². The minimum Gasteiger partial charge on any atom is -0.379 e. The van der Waals surface area contributed by atoms with Gasteiger partial charge in [0.15, 0.2) is 0 Å². The molecule has 84 valence electrons. The predicted molar refractivity (Wildman–Crippen MR) is 57.5 cm³/mol. The minimum atomic E-state index is 0.220. The van der Waals surface area contributed by atoms with Crippen molar-refractivity contribution in [3.8, 4) is 0 Å². The van der Waals surface area contributed by atoms with E-state index in [1.54, 1.807) is 0 Å². The van der Waals surface area contributed by atoms with Gasteiger partial charge in [-0.3, -0.25) is 0 Å². The smallest absolute Gasteiger partial charge is 0.0781 e. The zero-order valence-corrected chi connectivity index (χ0v) is 9.42. The van der Waals surface area contributed by atoms with Crippen LogP contribution in [0.3, 0.4) is 0 Å². The molecular weight excluding hydrogens is 178 g/mol. The van der Waals surface area contributed by atoms with Gasteiger partial charge in [0.2, 0.25) is 0 Å². The fourth-order valence-corrected chi connectivity index (χ4v) is 1.29. The largest absolute Gasteiger partial charge is 0.379 e. The average Bonchev–Trinajstić information content (AvgIpc) is 2.98. The van der Waals surface area contributed by atoms with E-state index in [-0.39, 0.29) is 6.10 Å². The summed E-state index contributed by atoms with van der Waals surface area (Å²) in [5, 5.41) is 3.39. The van der Waals surface area contributed by atoms with E-state index in [9.17, 15) is 0 Å². The Bertz CT molecular complexity index is 137. The van der Waals surface area contributed by atoms with Gasteiger partial charge < -0.3 is 14.8 Å². The van der Waals surface area contributed by atoms with Crippen molar-refractivity contribution in [3.63, 3.8) is 0 Å². The Kier molecular flexibility index (Phi) is 6.15. The number of nitrogens with one attached hydrogen (secondary N) is 1. The molecule has 0 saturated heterocycles. The highest BCUT2D eigenvalue weighted by Gasteiger charge is 2.19. The highest BCUT2D eigenvalue weighted by Crippen LogP contribution is 2.27. The first kappa shape index (κ1) is 12.0. The van der Waals surface area contributed by atoms with Gasteiger partial charge in [0.1, 0.15) is 0 Å². The molecule has 1 rings (SSSR count). The van der Waals surface area contributed by atoms with Gasteiger partial charge in [-0.1, -0.05) is 0 Å². The van der Waals surface area contributed by atoms with Crippen LogP contribution < -0.4 is 5.32 Å². The Labute approximate surface area is 87.2 Å². The number of hydrogen-bond donors (Lipinski definition) is 1. The van der Waals surface area contributed by atoms with Crippen LogP contribution in [0.25, 0.3) is 0 Å². The summed E-state index contributed by atoms with van der Waals surface area (Å²) in [5.74, 6) is 0.954. The maximum Gasteiger partial charge on any atom is 0.0781 e. The van der Waals surface area contributed by atoms with E-state index >= 15 is 0 Å². The average molecular weight is 201 g/mol. The van der Waals surface area contributed by atoms with Crippen LogP contribution in [0, 0.1) is 5.92 Å². The molecular formula is C11H23NO2. The third-order valence-corrected chi connectivity index (χ3v) is 2.37. The summed E-state index contributed by atoms with van der Waals surface area (Å²) in [4.78, 5) is 0. The second-order valence-electron chi connectivity index (χ2n) is 3.99. The Hall–Kier alpha value is -0.120. The fraction of sp³-hybridized carbons (Fsp3) is 1.00. The van der Waals surface area contributed by atoms with Crippen molar-refractivity contribution in [1.29, 1.82) is 0 Å². The van der Waals surface area contributed by atoms with Crippen molar-refractivity contribution in [2.45, 2.75) is 32.8 Å². The van der Waals surface area contributed by atoms with Gasteiger partial charge in [0.05, 0.1) is 19.3 Å². The van der Waals surface area contributed by atoms with Crippen molar-refractivity contribution in [1.82, 2.24) is 5.32 Å². The first-order chi connectivity index (χ1) is 6.83. The summed E-state index contributed by atoms with van der Waals surface area (Å²) in [5.41, 5.74) is 0. The number of rotatable bonds is 9. The zero-order valence-electron chi connectivity index (χ0n) is 9.42. The topological polar surface area (TPSA) is 30.5 Å². The lowest BCUT2D eigenvalue weighted by atomic mass is 10.4. The van der Waals surface area contributed by atoms with E-state index < -0.39 is 0 Å². The van der Waals surface area contributed by atoms with E-state index in [1.165, 1.54) is 19.4 Å². The first-order valence-electron chi connectivity index (χ1n) is 5.73. The lowest BCUT2D eigenvalue weighted by molar-refractivity contribution is -0.00189. The molecule has 1 fully saturated rings. The predicted octanol–water partition coefficient (Wildman–Crippen LogP) is 1.43. The van der Waals surface area contributed by atoms with Crippen LogP contribution >= 0.6 is 0 Å². The minimum absolute atomic E-state index is 0.220. The van der Waals surface area contributed by atoms with Gasteiger partial charge in [-0.2, -0.15) is 0 Å². The molecule has 0 aromatic heterocycles. The molecule has 3 nitrogen and oxygen atoms in total. The molecule has 1 aliphatic carbocycles. The van der Waals surface area contributed by atoms with Crippen LogP contribution in [0.1, 0.15) is 26.7 Å². The number of hydrogen-bond acceptors (Lipinski definition) is 3. The Morgan fingerprint density at radius 2 is 2.21 bits per heavy atom. The molecule has 0 heterocycles. The summed E-state index contributed by atoms with van der Waals surface area (Å²) >= 11 is 0. The molecule has 1 unspecified atom stereocenters. The van der Waals surface area contributed by atoms with Gasteiger partial charge in [-0.25, -0.2) is 0 Å². The Balaban J connectivity index is 1.77. The quantitative estimate of drug-likeness (QED) is 0.572. The van der Waals surface area contributed by atoms with Crippen LogP contribution in [0.4, 0.5) is 0 Å². The van der Waals surface area contributed by atoms with Crippen molar-refractivity contribution >= 4 is 0 Å². The maximum atomic E-state index is 5.56. The molecule has 0 aromatic carbocycles. The lowest BCUT2D eigenvalue weighted by Gasteiger charge is -2.12. The Morgan fingerprint density at radius 3 is 2.86 bits per heavy atom. The number of ether oxygens (including phenoxy) is 2. The fourth-order valence-electron chi connectivity index (χ4n) is 1.29. The van der Waals surface area contributed by atoms with Crippen LogP contribution in [0.5, 0.6) is 0 Å². The lowest BCUT2D eigenvalue weighted by Crippen LogP contribution is -2.25. The normalized spacial score (nSPS) is 18.4. The standard InChI is InChI=1S/C11H23NO2/c1-3-13-9-10(2)14-7-6-12-8-11-4-5-11/h10-12H,3-9H2,1-2H3. The van der Waals surface area contributed by atoms with E-state index in [2.05, 4.69) is 12.2 Å². The van der Waals surface area contributed by atoms with Crippen LogP contribution in [-0.4, -0.2) is 39.0 Å². The highest BCUT2D eigenvalue weighted by molar-refractivity contribution is 4.74. The van der Waals surface area contributed by atoms with Gasteiger partial charge in [-0.05, 0) is 39.2 Å². The maximum absolute atomic E-state index is 5.56. The molecule has 1 N–H and O–H groups in total. The van der Waals surface area contributed by atoms with E-state index in [0.29, 0.717) is 6.61 Å². The molecule has 0 spiro atoms. The highest BCUT2D eigenvalue weighted by atomic mass is 16.5. The molecule has 1 atom stereocenters. The molecule has 1 aliphatic rings. The van der Waals surface area contributed by atoms with Crippen molar-refractivity contribution < 1.29 is 9.47 Å². The molecule has 1 saturated carbocycles. The summed E-state index contributed by atoms with van der Waals surface area (Å²) in [6.45, 7) is 8.46. The van der Waals surface area contributed by atoms with Gasteiger partial charge in [0, 0.05) is 13.2 Å². The summed E-state index contributed by atoms with van der Waals surface area (Å²) in [6.07, 6.45) is 3.04. The third-order valence-electron chi connectivity index (χ3n) is 2.37. The van der Waals surface area contributed by atoms with Gasteiger partial charge in [0.25, 0.3) is 0 Å². The Morgan fingerprint density at radius 1 is 1.43 bits per heavy atom. The summed E-state index contributed by atoms with van der Waals surface area (Å²) in [7, 11) is 0. The third kappa shape index (κ3) is 6.35. The van der Waals surface area contributed by atoms with Crippen LogP contribution in [-0.2, 0) is 9.47 Å². The van der Waals surface area contributed by atoms with E-state index in [1.807, 2.05) is 6.92 Å². The molecule has 0 amide bonds. The van der Waals surface area contributed by atoms with E-state index in [4.69, 9.17) is 9.47 Å². The zero-order chi connectivity index (χ0) is 10.2. The molecule has 0 aliphatic heterocycles. The van der Waals surface area contributed by atoms with Gasteiger partial charge in [-0.15, -0.1) is 0 Å². The van der Waals surface area contributed by atoms with Crippen LogP contribution in [0.2, 0.25) is 0 Å². The second kappa shape index (κ2) is 7.21. The second-order valence-corrected chi connectivity index (χ2v) is 3.99. The van der Waals surface area contributed by atoms with E-state index in [0.717, 1.165) is 25.7 Å². The van der Waals surface area contributed by atoms with Crippen molar-refractivity contribution in [2.24, 2.45) is 5.92 Å². The summed E-state index contributed by atoms with van der Waals surface area (Å²) < 4.78 is 10.8. The molecule has 0 bridgehead atoms. The SMILES string of the molecule is CCOCC(C)OCCNCC1CC1. The summed E-state index contributed by atoms with van der Waals surface area (Å²) in [6, 6.07) is 0.